The third-order valence-corrected chi connectivity index (χ3v) is 9.11. The van der Waals surface area contributed by atoms with Gasteiger partial charge in [0.2, 0.25) is 5.91 Å². The Hall–Kier alpha value is -3.35. The molecule has 8 nitrogen and oxygen atoms in total. The standard InChI is InChI=1S/C35H40Cl2F3N5O3/c1-4-48-29-19-25(35(38,39)40)9-14-28(29)34(33(47)45-17-15-44(16-18-45)21-30(46)41-20-22(2)3)42-31(23-5-10-26(36)11-6-23)32(43-34)24-7-12-27(37)13-8-24/h5-14,19,22,31-32,42-43H,4,15-18,20-21H2,1-3H3,(H,41,46). The molecule has 0 spiro atoms. The summed E-state index contributed by atoms with van der Waals surface area (Å²) in [7, 11) is 0. The zero-order valence-corrected chi connectivity index (χ0v) is 28.6. The molecule has 3 aromatic carbocycles. The number of hydrogen-bond acceptors (Lipinski definition) is 6. The number of carbonyl (C=O) groups excluding carboxylic acids is 2. The fraction of sp³-hybridized carbons (Fsp3) is 0.429. The number of rotatable bonds is 10. The molecule has 2 amide bonds. The molecule has 2 aliphatic heterocycles. The van der Waals surface area contributed by atoms with E-state index in [1.807, 2.05) is 43.0 Å². The van der Waals surface area contributed by atoms with E-state index >= 15 is 0 Å². The second kappa shape index (κ2) is 15.0. The molecule has 2 fully saturated rings. The lowest BCUT2D eigenvalue weighted by Crippen LogP contribution is -2.62. The van der Waals surface area contributed by atoms with E-state index in [0.717, 1.165) is 23.3 Å². The van der Waals surface area contributed by atoms with Gasteiger partial charge in [-0.2, -0.15) is 13.2 Å². The highest BCUT2D eigenvalue weighted by Gasteiger charge is 2.55. The van der Waals surface area contributed by atoms with Crippen molar-refractivity contribution in [1.82, 2.24) is 25.8 Å². The largest absolute Gasteiger partial charge is 0.493 e. The number of carbonyl (C=O) groups is 2. The quantitative estimate of drug-likeness (QED) is 0.235. The number of hydrogen-bond donors (Lipinski definition) is 3. The molecule has 0 aliphatic carbocycles. The third kappa shape index (κ3) is 8.09. The number of nitrogens with one attached hydrogen (secondary N) is 3. The summed E-state index contributed by atoms with van der Waals surface area (Å²) in [5.74, 6) is -0.191. The predicted octanol–water partition coefficient (Wildman–Crippen LogP) is 6.16. The molecule has 0 radical (unpaired) electrons. The summed E-state index contributed by atoms with van der Waals surface area (Å²) in [6.07, 6.45) is -4.62. The first kappa shape index (κ1) is 35.9. The van der Waals surface area contributed by atoms with Crippen LogP contribution in [0.25, 0.3) is 0 Å². The fourth-order valence-corrected chi connectivity index (χ4v) is 6.42. The van der Waals surface area contributed by atoms with Gasteiger partial charge in [-0.1, -0.05) is 67.4 Å². The van der Waals surface area contributed by atoms with E-state index < -0.39 is 29.5 Å². The number of nitrogens with zero attached hydrogens (tertiary/aromatic N) is 2. The van der Waals surface area contributed by atoms with Gasteiger partial charge in [0.05, 0.1) is 30.8 Å². The molecule has 3 aromatic rings. The molecular weight excluding hydrogens is 666 g/mol. The first-order chi connectivity index (χ1) is 22.8. The first-order valence-electron chi connectivity index (χ1n) is 16.0. The Bertz CT molecular complexity index is 1530. The summed E-state index contributed by atoms with van der Waals surface area (Å²) < 4.78 is 47.5. The summed E-state index contributed by atoms with van der Waals surface area (Å²) in [4.78, 5) is 31.1. The zero-order chi connectivity index (χ0) is 34.6. The lowest BCUT2D eigenvalue weighted by atomic mass is 9.94. The first-order valence-corrected chi connectivity index (χ1v) is 16.8. The monoisotopic (exact) mass is 705 g/mol. The maximum atomic E-state index is 14.9. The van der Waals surface area contributed by atoms with Crippen molar-refractivity contribution >= 4 is 35.0 Å². The summed E-state index contributed by atoms with van der Waals surface area (Å²) >= 11 is 12.5. The fourth-order valence-electron chi connectivity index (χ4n) is 6.17. The van der Waals surface area contributed by atoms with E-state index in [4.69, 9.17) is 27.9 Å². The van der Waals surface area contributed by atoms with Crippen LogP contribution in [-0.4, -0.2) is 67.5 Å². The molecule has 2 heterocycles. The molecule has 2 unspecified atom stereocenters. The van der Waals surface area contributed by atoms with Crippen molar-refractivity contribution in [3.05, 3.63) is 99.0 Å². The third-order valence-electron chi connectivity index (χ3n) is 8.60. The summed E-state index contributed by atoms with van der Waals surface area (Å²) in [6, 6.07) is 16.6. The van der Waals surface area contributed by atoms with Gasteiger partial charge in [0.15, 0.2) is 5.66 Å². The van der Waals surface area contributed by atoms with Crippen molar-refractivity contribution in [3.63, 3.8) is 0 Å². The minimum absolute atomic E-state index is 0.0623. The zero-order valence-electron chi connectivity index (χ0n) is 27.0. The van der Waals surface area contributed by atoms with E-state index in [-0.39, 0.29) is 36.3 Å². The smallest absolute Gasteiger partial charge is 0.416 e. The van der Waals surface area contributed by atoms with Gasteiger partial charge in [-0.25, -0.2) is 0 Å². The Morgan fingerprint density at radius 3 is 1.94 bits per heavy atom. The van der Waals surface area contributed by atoms with E-state index in [0.29, 0.717) is 48.7 Å². The van der Waals surface area contributed by atoms with Crippen LogP contribution in [0.15, 0.2) is 66.7 Å². The van der Waals surface area contributed by atoms with Gasteiger partial charge in [0.25, 0.3) is 5.91 Å². The minimum Gasteiger partial charge on any atom is -0.493 e. The van der Waals surface area contributed by atoms with E-state index in [1.54, 1.807) is 36.1 Å². The van der Waals surface area contributed by atoms with Gasteiger partial charge in [-0.15, -0.1) is 0 Å². The summed E-state index contributed by atoms with van der Waals surface area (Å²) in [5.41, 5.74) is -0.733. The van der Waals surface area contributed by atoms with Gasteiger partial charge < -0.3 is 15.0 Å². The van der Waals surface area contributed by atoms with Crippen LogP contribution in [-0.2, 0) is 21.4 Å². The van der Waals surface area contributed by atoms with Crippen molar-refractivity contribution in [1.29, 1.82) is 0 Å². The highest BCUT2D eigenvalue weighted by atomic mass is 35.5. The van der Waals surface area contributed by atoms with Gasteiger partial charge in [0.1, 0.15) is 5.75 Å². The number of piperazine rings is 1. The highest BCUT2D eigenvalue weighted by molar-refractivity contribution is 6.30. The Kier molecular flexibility index (Phi) is 11.3. The van der Waals surface area contributed by atoms with E-state index in [1.165, 1.54) is 6.07 Å². The van der Waals surface area contributed by atoms with Gasteiger partial charge in [-0.3, -0.25) is 25.1 Å². The molecule has 258 valence electrons. The number of benzene rings is 3. The second-order valence-corrected chi connectivity index (χ2v) is 13.4. The normalized spacial score (nSPS) is 21.8. The van der Waals surface area contributed by atoms with Crippen LogP contribution >= 0.6 is 23.2 Å². The predicted molar refractivity (Wildman–Crippen MR) is 180 cm³/mol. The topological polar surface area (TPSA) is 85.9 Å². The molecule has 0 bridgehead atoms. The molecule has 0 saturated carbocycles. The van der Waals surface area contributed by atoms with E-state index in [2.05, 4.69) is 16.0 Å². The molecule has 2 atom stereocenters. The Morgan fingerprint density at radius 1 is 0.917 bits per heavy atom. The maximum absolute atomic E-state index is 14.9. The van der Waals surface area contributed by atoms with Gasteiger partial charge in [-0.05, 0) is 60.4 Å². The van der Waals surface area contributed by atoms with Crippen molar-refractivity contribution < 1.29 is 27.5 Å². The molecule has 0 aromatic heterocycles. The van der Waals surface area contributed by atoms with Crippen LogP contribution in [0.4, 0.5) is 13.2 Å². The Morgan fingerprint density at radius 2 is 1.46 bits per heavy atom. The van der Waals surface area contributed by atoms with Crippen LogP contribution in [0.1, 0.15) is 55.1 Å². The molecule has 2 saturated heterocycles. The summed E-state index contributed by atoms with van der Waals surface area (Å²) in [5, 5.41) is 11.0. The van der Waals surface area contributed by atoms with Gasteiger partial charge >= 0.3 is 6.18 Å². The lowest BCUT2D eigenvalue weighted by molar-refractivity contribution is -0.141. The van der Waals surface area contributed by atoms with Crippen LogP contribution in [0.2, 0.25) is 10.0 Å². The molecule has 48 heavy (non-hydrogen) atoms. The molecule has 2 aliphatic rings. The molecule has 13 heteroatoms. The average molecular weight is 707 g/mol. The average Bonchev–Trinajstić information content (AvgIpc) is 3.46. The van der Waals surface area contributed by atoms with Crippen LogP contribution < -0.4 is 20.7 Å². The molecular formula is C35H40Cl2F3N5O3. The SMILES string of the molecule is CCOc1cc(C(F)(F)F)ccc1C1(C(=O)N2CCN(CC(=O)NCC(C)C)CC2)NC(c2ccc(Cl)cc2)C(c2ccc(Cl)cc2)N1. The highest BCUT2D eigenvalue weighted by Crippen LogP contribution is 2.46. The number of ether oxygens (including phenoxy) is 1. The van der Waals surface area contributed by atoms with Crippen molar-refractivity contribution in [2.24, 2.45) is 5.92 Å². The number of amides is 2. The van der Waals surface area contributed by atoms with Crippen LogP contribution in [0.5, 0.6) is 5.75 Å². The lowest BCUT2D eigenvalue weighted by Gasteiger charge is -2.40. The molecule has 5 rings (SSSR count). The molecule has 3 N–H and O–H groups in total. The Balaban J connectivity index is 1.55. The van der Waals surface area contributed by atoms with Crippen molar-refractivity contribution in [3.8, 4) is 5.75 Å². The number of alkyl halides is 3. The van der Waals surface area contributed by atoms with Gasteiger partial charge in [0, 0.05) is 48.3 Å². The summed E-state index contributed by atoms with van der Waals surface area (Å²) in [6.45, 7) is 8.11. The van der Waals surface area contributed by atoms with Crippen LogP contribution in [0, 0.1) is 5.92 Å². The second-order valence-electron chi connectivity index (χ2n) is 12.5. The van der Waals surface area contributed by atoms with Crippen molar-refractivity contribution in [2.75, 3.05) is 45.9 Å². The minimum atomic E-state index is -4.62. The number of halogens is 5. The maximum Gasteiger partial charge on any atom is 0.416 e. The van der Waals surface area contributed by atoms with Crippen LogP contribution in [0.3, 0.4) is 0 Å². The Labute approximate surface area is 288 Å². The van der Waals surface area contributed by atoms with Crippen molar-refractivity contribution in [2.45, 2.75) is 44.7 Å². The van der Waals surface area contributed by atoms with E-state index in [9.17, 15) is 22.8 Å².